The molecule has 0 heterocycles. The first-order valence-corrected chi connectivity index (χ1v) is 7.25. The van der Waals surface area contributed by atoms with Gasteiger partial charge in [-0.2, -0.15) is 0 Å². The van der Waals surface area contributed by atoms with Crippen molar-refractivity contribution in [3.8, 4) is 0 Å². The molecule has 0 aliphatic heterocycles. The lowest BCUT2D eigenvalue weighted by Crippen LogP contribution is -2.26. The van der Waals surface area contributed by atoms with Crippen molar-refractivity contribution in [1.29, 1.82) is 0 Å². The summed E-state index contributed by atoms with van der Waals surface area (Å²) in [5.74, 6) is -1.45. The molecule has 1 N–H and O–H groups in total. The standard InChI is InChI=1S/C18H20O4/c1-11(2)13-9-8-12(3)16(10-13)22-18(21)15-7-5-4-6-14(15)17(19)20/h4-8,13,16H,1,9-10H2,2-3H3,(H,19,20)/t13-,16-/m1/s1. The molecule has 4 nitrogen and oxygen atoms in total. The number of hydrogen-bond donors (Lipinski definition) is 1. The molecule has 0 aromatic heterocycles. The van der Waals surface area contributed by atoms with E-state index >= 15 is 0 Å². The Hall–Kier alpha value is -2.36. The summed E-state index contributed by atoms with van der Waals surface area (Å²) < 4.78 is 5.55. The molecule has 1 aromatic carbocycles. The second kappa shape index (κ2) is 6.60. The van der Waals surface area contributed by atoms with Gasteiger partial charge in [0.25, 0.3) is 0 Å². The quantitative estimate of drug-likeness (QED) is 0.677. The highest BCUT2D eigenvalue weighted by atomic mass is 16.5. The predicted octanol–water partition coefficient (Wildman–Crippen LogP) is 3.84. The highest BCUT2D eigenvalue weighted by molar-refractivity contribution is 6.02. The van der Waals surface area contributed by atoms with Crippen molar-refractivity contribution in [3.63, 3.8) is 0 Å². The molecular formula is C18H20O4. The lowest BCUT2D eigenvalue weighted by molar-refractivity contribution is 0.0317. The van der Waals surface area contributed by atoms with Gasteiger partial charge in [-0.15, -0.1) is 0 Å². The van der Waals surface area contributed by atoms with Crippen LogP contribution in [0.25, 0.3) is 0 Å². The van der Waals surface area contributed by atoms with Gasteiger partial charge in [0.15, 0.2) is 0 Å². The van der Waals surface area contributed by atoms with Crippen LogP contribution in [0.2, 0.25) is 0 Å². The average Bonchev–Trinajstić information content (AvgIpc) is 2.49. The smallest absolute Gasteiger partial charge is 0.339 e. The Morgan fingerprint density at radius 3 is 2.50 bits per heavy atom. The molecule has 0 amide bonds. The van der Waals surface area contributed by atoms with Crippen LogP contribution in [0.5, 0.6) is 0 Å². The summed E-state index contributed by atoms with van der Waals surface area (Å²) in [6.45, 7) is 7.86. The molecule has 0 saturated carbocycles. The van der Waals surface area contributed by atoms with Crippen LogP contribution in [-0.4, -0.2) is 23.1 Å². The summed E-state index contributed by atoms with van der Waals surface area (Å²) in [4.78, 5) is 23.5. The van der Waals surface area contributed by atoms with Gasteiger partial charge in [0, 0.05) is 0 Å². The van der Waals surface area contributed by atoms with E-state index in [4.69, 9.17) is 9.84 Å². The van der Waals surface area contributed by atoms with Crippen LogP contribution >= 0.6 is 0 Å². The number of carboxylic acids is 1. The molecule has 0 unspecified atom stereocenters. The summed E-state index contributed by atoms with van der Waals surface area (Å²) in [6.07, 6.45) is 3.33. The second-order valence-electron chi connectivity index (χ2n) is 5.71. The van der Waals surface area contributed by atoms with Gasteiger partial charge in [-0.25, -0.2) is 9.59 Å². The fourth-order valence-electron chi connectivity index (χ4n) is 2.58. The van der Waals surface area contributed by atoms with Crippen LogP contribution in [0.15, 0.2) is 48.1 Å². The summed E-state index contributed by atoms with van der Waals surface area (Å²) in [5, 5.41) is 9.16. The van der Waals surface area contributed by atoms with Crippen LogP contribution in [-0.2, 0) is 4.74 Å². The van der Waals surface area contributed by atoms with E-state index in [1.807, 2.05) is 13.8 Å². The maximum atomic E-state index is 12.3. The molecule has 1 aliphatic rings. The van der Waals surface area contributed by atoms with Crippen LogP contribution in [0, 0.1) is 5.92 Å². The molecule has 2 atom stereocenters. The van der Waals surface area contributed by atoms with Gasteiger partial charge in [-0.1, -0.05) is 30.4 Å². The van der Waals surface area contributed by atoms with Crippen LogP contribution in [0.4, 0.5) is 0 Å². The Bertz CT molecular complexity index is 642. The van der Waals surface area contributed by atoms with E-state index in [-0.39, 0.29) is 23.1 Å². The molecule has 2 rings (SSSR count). The van der Waals surface area contributed by atoms with Gasteiger partial charge in [0.2, 0.25) is 0 Å². The Morgan fingerprint density at radius 2 is 1.91 bits per heavy atom. The fourth-order valence-corrected chi connectivity index (χ4v) is 2.58. The number of carbonyl (C=O) groups is 2. The molecule has 4 heteroatoms. The van der Waals surface area contributed by atoms with E-state index in [2.05, 4.69) is 12.7 Å². The zero-order valence-electron chi connectivity index (χ0n) is 12.8. The van der Waals surface area contributed by atoms with E-state index in [1.165, 1.54) is 12.1 Å². The van der Waals surface area contributed by atoms with Crippen molar-refractivity contribution in [2.24, 2.45) is 5.92 Å². The van der Waals surface area contributed by atoms with E-state index < -0.39 is 11.9 Å². The lowest BCUT2D eigenvalue weighted by Gasteiger charge is -2.28. The predicted molar refractivity (Wildman–Crippen MR) is 83.9 cm³/mol. The number of carboxylic acid groups (broad SMARTS) is 1. The first-order chi connectivity index (χ1) is 10.4. The second-order valence-corrected chi connectivity index (χ2v) is 5.71. The lowest BCUT2D eigenvalue weighted by atomic mass is 9.84. The Morgan fingerprint density at radius 1 is 1.27 bits per heavy atom. The van der Waals surface area contributed by atoms with Gasteiger partial charge in [0.1, 0.15) is 6.10 Å². The molecule has 1 aliphatic carbocycles. The zero-order valence-corrected chi connectivity index (χ0v) is 12.8. The van der Waals surface area contributed by atoms with E-state index in [0.29, 0.717) is 6.42 Å². The summed E-state index contributed by atoms with van der Waals surface area (Å²) >= 11 is 0. The number of benzene rings is 1. The Labute approximate surface area is 130 Å². The van der Waals surface area contributed by atoms with Gasteiger partial charge >= 0.3 is 11.9 Å². The first kappa shape index (κ1) is 16.0. The average molecular weight is 300 g/mol. The van der Waals surface area contributed by atoms with Crippen molar-refractivity contribution in [1.82, 2.24) is 0 Å². The van der Waals surface area contributed by atoms with Crippen molar-refractivity contribution in [2.45, 2.75) is 32.8 Å². The minimum atomic E-state index is -1.14. The molecule has 0 bridgehead atoms. The van der Waals surface area contributed by atoms with Gasteiger partial charge in [-0.05, 0) is 50.3 Å². The van der Waals surface area contributed by atoms with Crippen LogP contribution in [0.1, 0.15) is 47.4 Å². The first-order valence-electron chi connectivity index (χ1n) is 7.25. The fraction of sp³-hybridized carbons (Fsp3) is 0.333. The molecule has 22 heavy (non-hydrogen) atoms. The van der Waals surface area contributed by atoms with E-state index in [1.54, 1.807) is 12.1 Å². The number of carbonyl (C=O) groups excluding carboxylic acids is 1. The molecular weight excluding hydrogens is 280 g/mol. The monoisotopic (exact) mass is 300 g/mol. The van der Waals surface area contributed by atoms with Crippen LogP contribution < -0.4 is 0 Å². The summed E-state index contributed by atoms with van der Waals surface area (Å²) in [7, 11) is 0. The maximum absolute atomic E-state index is 12.3. The third kappa shape index (κ3) is 3.45. The highest BCUT2D eigenvalue weighted by Gasteiger charge is 2.27. The number of hydrogen-bond acceptors (Lipinski definition) is 3. The van der Waals surface area contributed by atoms with Crippen molar-refractivity contribution in [2.75, 3.05) is 0 Å². The van der Waals surface area contributed by atoms with Gasteiger partial charge < -0.3 is 9.84 Å². The maximum Gasteiger partial charge on any atom is 0.339 e. The van der Waals surface area contributed by atoms with E-state index in [9.17, 15) is 9.59 Å². The summed E-state index contributed by atoms with van der Waals surface area (Å²) in [5.41, 5.74) is 2.11. The number of aromatic carboxylic acids is 1. The number of allylic oxidation sites excluding steroid dienone is 2. The normalized spacial score (nSPS) is 20.9. The highest BCUT2D eigenvalue weighted by Crippen LogP contribution is 2.30. The SMILES string of the molecule is C=C(C)[C@@H]1CC=C(C)[C@H](OC(=O)c2ccccc2C(=O)O)C1. The largest absolute Gasteiger partial charge is 0.478 e. The number of esters is 1. The van der Waals surface area contributed by atoms with E-state index in [0.717, 1.165) is 17.6 Å². The molecule has 116 valence electrons. The number of rotatable bonds is 4. The molecule has 0 spiro atoms. The minimum Gasteiger partial charge on any atom is -0.478 e. The zero-order chi connectivity index (χ0) is 16.3. The van der Waals surface area contributed by atoms with Crippen molar-refractivity contribution in [3.05, 3.63) is 59.2 Å². The Kier molecular flexibility index (Phi) is 4.81. The molecule has 0 radical (unpaired) electrons. The molecule has 0 fully saturated rings. The third-order valence-electron chi connectivity index (χ3n) is 4.05. The van der Waals surface area contributed by atoms with Crippen molar-refractivity contribution < 1.29 is 19.4 Å². The third-order valence-corrected chi connectivity index (χ3v) is 4.05. The Balaban J connectivity index is 2.18. The molecule has 0 saturated heterocycles. The van der Waals surface area contributed by atoms with Crippen LogP contribution in [0.3, 0.4) is 0 Å². The topological polar surface area (TPSA) is 63.6 Å². The molecule has 1 aromatic rings. The van der Waals surface area contributed by atoms with Crippen molar-refractivity contribution >= 4 is 11.9 Å². The minimum absolute atomic E-state index is 0.0404. The van der Waals surface area contributed by atoms with Gasteiger partial charge in [0.05, 0.1) is 11.1 Å². The number of ether oxygens (including phenoxy) is 1. The van der Waals surface area contributed by atoms with Gasteiger partial charge in [-0.3, -0.25) is 0 Å². The summed E-state index contributed by atoms with van der Waals surface area (Å²) in [6, 6.07) is 6.09.